The van der Waals surface area contributed by atoms with Crippen LogP contribution in [0, 0.1) is 18.3 Å². The Balaban J connectivity index is 1.52. The molecule has 0 saturated heterocycles. The van der Waals surface area contributed by atoms with Crippen molar-refractivity contribution in [3.05, 3.63) is 85.5 Å². The van der Waals surface area contributed by atoms with Gasteiger partial charge in [0.15, 0.2) is 10.9 Å². The number of Topliss-reactive ketones (excluding diaryl/α,β-unsaturated/α-hetero) is 1. The van der Waals surface area contributed by atoms with Gasteiger partial charge in [-0.05, 0) is 79.0 Å². The Kier molecular flexibility index (Phi) is 6.68. The number of halogens is 1. The molecule has 0 aliphatic heterocycles. The van der Waals surface area contributed by atoms with Gasteiger partial charge in [-0.3, -0.25) is 9.59 Å². The van der Waals surface area contributed by atoms with Crippen LogP contribution in [0.5, 0.6) is 0 Å². The maximum atomic E-state index is 14.2. The zero-order valence-corrected chi connectivity index (χ0v) is 24.7. The van der Waals surface area contributed by atoms with Crippen LogP contribution in [0.2, 0.25) is 5.02 Å². The lowest BCUT2D eigenvalue weighted by Crippen LogP contribution is -2.27. The van der Waals surface area contributed by atoms with E-state index >= 15 is 0 Å². The average molecular weight is 577 g/mol. The number of ketones is 1. The normalized spacial score (nSPS) is 15.7. The smallest absolute Gasteiger partial charge is 0.268 e. The molecule has 1 aliphatic rings. The van der Waals surface area contributed by atoms with Gasteiger partial charge in [0.25, 0.3) is 5.56 Å². The van der Waals surface area contributed by atoms with Gasteiger partial charge in [0.05, 0.1) is 16.8 Å². The Labute approximate surface area is 240 Å². The molecule has 1 unspecified atom stereocenters. The summed E-state index contributed by atoms with van der Waals surface area (Å²) in [5, 5.41) is 10.9. The molecule has 9 heteroatoms. The monoisotopic (exact) mass is 576 g/mol. The van der Waals surface area contributed by atoms with Gasteiger partial charge in [-0.1, -0.05) is 62.3 Å². The summed E-state index contributed by atoms with van der Waals surface area (Å²) < 4.78 is 3.68. The summed E-state index contributed by atoms with van der Waals surface area (Å²) in [5.41, 5.74) is 3.67. The van der Waals surface area contributed by atoms with Crippen LogP contribution in [-0.2, 0) is 12.8 Å². The first-order chi connectivity index (χ1) is 18.6. The Morgan fingerprint density at radius 2 is 1.87 bits per heavy atom. The third kappa shape index (κ3) is 4.62. The number of thioether (sulfide) groups is 1. The van der Waals surface area contributed by atoms with E-state index in [2.05, 4.69) is 31.0 Å². The number of carbonyl (C=O) groups excluding carboxylic acids is 1. The predicted octanol–water partition coefficient (Wildman–Crippen LogP) is 7.18. The van der Waals surface area contributed by atoms with Gasteiger partial charge in [0, 0.05) is 15.5 Å². The Hall–Kier alpha value is -2.94. The van der Waals surface area contributed by atoms with Crippen molar-refractivity contribution in [2.45, 2.75) is 52.1 Å². The first-order valence-corrected chi connectivity index (χ1v) is 15.2. The van der Waals surface area contributed by atoms with Crippen molar-refractivity contribution in [2.75, 3.05) is 5.75 Å². The first-order valence-electron chi connectivity index (χ1n) is 13.1. The van der Waals surface area contributed by atoms with E-state index in [0.29, 0.717) is 27.4 Å². The SMILES string of the molecule is Cc1ccccc1-n1c(=O)c2c3c(sc2n2c(SCC(=O)c4ccc(Cl)cc4)nnc12)CC(C(C)(C)C)CC3. The summed E-state index contributed by atoms with van der Waals surface area (Å²) in [6, 6.07) is 14.8. The highest BCUT2D eigenvalue weighted by atomic mass is 35.5. The van der Waals surface area contributed by atoms with Crippen molar-refractivity contribution in [2.24, 2.45) is 11.3 Å². The number of aromatic nitrogens is 4. The second-order valence-electron chi connectivity index (χ2n) is 11.3. The Bertz CT molecular complexity index is 1790. The highest BCUT2D eigenvalue weighted by Gasteiger charge is 2.33. The third-order valence-corrected chi connectivity index (χ3v) is 10.2. The number of nitrogens with zero attached hydrogens (tertiary/aromatic N) is 4. The maximum Gasteiger partial charge on any atom is 0.268 e. The standard InChI is InChI=1S/C30H29ClN4O2S2/c1-17-7-5-6-8-22(17)34-26(37)25-21-14-11-19(30(2,3)4)15-24(21)39-27(25)35-28(34)32-33-29(35)38-16-23(36)18-9-12-20(31)13-10-18/h5-10,12-13,19H,11,14-16H2,1-4H3. The molecule has 0 fully saturated rings. The second-order valence-corrected chi connectivity index (χ2v) is 13.7. The minimum absolute atomic E-state index is 0.0182. The second kappa shape index (κ2) is 9.91. The van der Waals surface area contributed by atoms with Crippen molar-refractivity contribution >= 4 is 56.5 Å². The number of carbonyl (C=O) groups is 1. The summed E-state index contributed by atoms with van der Waals surface area (Å²) in [6.07, 6.45) is 2.90. The van der Waals surface area contributed by atoms with Crippen LogP contribution in [0.25, 0.3) is 21.7 Å². The minimum atomic E-state index is -0.0558. The molecule has 1 atom stereocenters. The van der Waals surface area contributed by atoms with Gasteiger partial charge in [0.2, 0.25) is 5.78 Å². The molecule has 3 heterocycles. The quantitative estimate of drug-likeness (QED) is 0.164. The zero-order chi connectivity index (χ0) is 27.5. The van der Waals surface area contributed by atoms with Gasteiger partial charge in [-0.2, -0.15) is 0 Å². The summed E-state index contributed by atoms with van der Waals surface area (Å²) in [7, 11) is 0. The lowest BCUT2D eigenvalue weighted by atomic mass is 9.72. The minimum Gasteiger partial charge on any atom is -0.293 e. The lowest BCUT2D eigenvalue weighted by Gasteiger charge is -2.33. The van der Waals surface area contributed by atoms with Crippen LogP contribution in [0.3, 0.4) is 0 Å². The lowest BCUT2D eigenvalue weighted by molar-refractivity contribution is 0.102. The van der Waals surface area contributed by atoms with Crippen LogP contribution in [0.15, 0.2) is 58.5 Å². The molecule has 0 N–H and O–H groups in total. The number of para-hydroxylation sites is 1. The number of aryl methyl sites for hydroxylation is 2. The molecular formula is C30H29ClN4O2S2. The van der Waals surface area contributed by atoms with E-state index in [1.54, 1.807) is 40.2 Å². The number of thiophene rings is 1. The number of hydrogen-bond acceptors (Lipinski definition) is 6. The molecule has 3 aromatic heterocycles. The fraction of sp³-hybridized carbons (Fsp3) is 0.333. The molecule has 0 radical (unpaired) electrons. The van der Waals surface area contributed by atoms with Crippen molar-refractivity contribution in [1.29, 1.82) is 0 Å². The molecule has 0 bridgehead atoms. The Morgan fingerprint density at radius 1 is 1.13 bits per heavy atom. The van der Waals surface area contributed by atoms with E-state index in [1.165, 1.54) is 16.6 Å². The summed E-state index contributed by atoms with van der Waals surface area (Å²) >= 11 is 9.02. The molecule has 2 aromatic carbocycles. The Morgan fingerprint density at radius 3 is 2.59 bits per heavy atom. The molecule has 200 valence electrons. The van der Waals surface area contributed by atoms with Crippen molar-refractivity contribution in [1.82, 2.24) is 19.2 Å². The van der Waals surface area contributed by atoms with Gasteiger partial charge in [-0.15, -0.1) is 21.5 Å². The van der Waals surface area contributed by atoms with Crippen LogP contribution >= 0.6 is 34.7 Å². The topological polar surface area (TPSA) is 69.3 Å². The highest BCUT2D eigenvalue weighted by Crippen LogP contribution is 2.43. The van der Waals surface area contributed by atoms with E-state index in [1.807, 2.05) is 35.6 Å². The molecular weight excluding hydrogens is 548 g/mol. The van der Waals surface area contributed by atoms with Crippen molar-refractivity contribution in [3.63, 3.8) is 0 Å². The third-order valence-electron chi connectivity index (χ3n) is 7.76. The van der Waals surface area contributed by atoms with Crippen LogP contribution in [0.1, 0.15) is 53.6 Å². The molecule has 0 amide bonds. The van der Waals surface area contributed by atoms with E-state index in [9.17, 15) is 9.59 Å². The molecule has 6 rings (SSSR count). The molecule has 5 aromatic rings. The first kappa shape index (κ1) is 26.3. The molecule has 1 aliphatic carbocycles. The summed E-state index contributed by atoms with van der Waals surface area (Å²) in [6.45, 7) is 8.89. The highest BCUT2D eigenvalue weighted by molar-refractivity contribution is 7.99. The van der Waals surface area contributed by atoms with Crippen molar-refractivity contribution < 1.29 is 4.79 Å². The average Bonchev–Trinajstić information content (AvgIpc) is 3.49. The van der Waals surface area contributed by atoms with E-state index in [-0.39, 0.29) is 22.5 Å². The number of rotatable bonds is 5. The van der Waals surface area contributed by atoms with Crippen molar-refractivity contribution in [3.8, 4) is 5.69 Å². The van der Waals surface area contributed by atoms with E-state index < -0.39 is 0 Å². The fourth-order valence-corrected chi connectivity index (χ4v) is 7.88. The molecule has 39 heavy (non-hydrogen) atoms. The predicted molar refractivity (Wildman–Crippen MR) is 160 cm³/mol. The number of benzene rings is 2. The van der Waals surface area contributed by atoms with E-state index in [4.69, 9.17) is 11.6 Å². The van der Waals surface area contributed by atoms with E-state index in [0.717, 1.165) is 46.3 Å². The van der Waals surface area contributed by atoms with Crippen LogP contribution < -0.4 is 5.56 Å². The van der Waals surface area contributed by atoms with Gasteiger partial charge < -0.3 is 0 Å². The fourth-order valence-electron chi connectivity index (χ4n) is 5.45. The number of hydrogen-bond donors (Lipinski definition) is 0. The summed E-state index contributed by atoms with van der Waals surface area (Å²) in [4.78, 5) is 29.3. The molecule has 0 saturated carbocycles. The van der Waals surface area contributed by atoms with Crippen LogP contribution in [-0.4, -0.2) is 30.7 Å². The number of fused-ring (bicyclic) bond motifs is 5. The summed E-state index contributed by atoms with van der Waals surface area (Å²) in [5.74, 6) is 1.20. The molecule has 6 nitrogen and oxygen atoms in total. The van der Waals surface area contributed by atoms with Crippen LogP contribution in [0.4, 0.5) is 0 Å². The van der Waals surface area contributed by atoms with Gasteiger partial charge in [0.1, 0.15) is 4.83 Å². The molecule has 0 spiro atoms. The maximum absolute atomic E-state index is 14.2. The van der Waals surface area contributed by atoms with Gasteiger partial charge >= 0.3 is 0 Å². The van der Waals surface area contributed by atoms with Gasteiger partial charge in [-0.25, -0.2) is 8.97 Å². The zero-order valence-electron chi connectivity index (χ0n) is 22.3. The largest absolute Gasteiger partial charge is 0.293 e.